The van der Waals surface area contributed by atoms with E-state index < -0.39 is 10.0 Å². The van der Waals surface area contributed by atoms with Crippen LogP contribution in [-0.4, -0.2) is 44.3 Å². The van der Waals surface area contributed by atoms with Gasteiger partial charge in [-0.1, -0.05) is 0 Å². The van der Waals surface area contributed by atoms with Crippen LogP contribution in [0, 0.1) is 12.8 Å². The van der Waals surface area contributed by atoms with Gasteiger partial charge in [-0.2, -0.15) is 4.98 Å². The third-order valence-electron chi connectivity index (χ3n) is 3.14. The van der Waals surface area contributed by atoms with Crippen molar-refractivity contribution in [3.63, 3.8) is 0 Å². The van der Waals surface area contributed by atoms with Crippen LogP contribution in [0.3, 0.4) is 0 Å². The van der Waals surface area contributed by atoms with Gasteiger partial charge >= 0.3 is 0 Å². The minimum Gasteiger partial charge on any atom is -0.481 e. The van der Waals surface area contributed by atoms with Gasteiger partial charge in [0.2, 0.25) is 21.9 Å². The number of nitrogens with zero attached hydrogens (tertiary/aromatic N) is 2. The van der Waals surface area contributed by atoms with Crippen molar-refractivity contribution in [2.24, 2.45) is 5.92 Å². The van der Waals surface area contributed by atoms with E-state index in [-0.39, 0.29) is 17.6 Å². The summed E-state index contributed by atoms with van der Waals surface area (Å²) in [6.45, 7) is 3.45. The van der Waals surface area contributed by atoms with Crippen LogP contribution in [0.15, 0.2) is 6.07 Å². The van der Waals surface area contributed by atoms with E-state index in [0.29, 0.717) is 11.6 Å². The third kappa shape index (κ3) is 4.31. The molecule has 0 aliphatic carbocycles. The first-order valence-electron chi connectivity index (χ1n) is 6.59. The van der Waals surface area contributed by atoms with Crippen LogP contribution in [-0.2, 0) is 10.0 Å². The molecule has 1 atom stereocenters. The van der Waals surface area contributed by atoms with Gasteiger partial charge in [-0.15, -0.1) is 0 Å². The fourth-order valence-corrected chi connectivity index (χ4v) is 3.61. The molecule has 7 nitrogen and oxygen atoms in total. The standard InChI is InChI=1S/C12H20N4O3S/c1-9-6-11(19-2)15-12(14-9)16-20(17,18)8-10-4-3-5-13-7-10/h6,10,13H,3-5,7-8H2,1-2H3,(H,14,15,16). The predicted octanol–water partition coefficient (Wildman–Crippen LogP) is 0.535. The van der Waals surface area contributed by atoms with Crippen molar-refractivity contribution in [2.75, 3.05) is 30.7 Å². The number of ether oxygens (including phenoxy) is 1. The van der Waals surface area contributed by atoms with Gasteiger partial charge in [-0.3, -0.25) is 4.72 Å². The Morgan fingerprint density at radius 3 is 2.95 bits per heavy atom. The first-order chi connectivity index (χ1) is 9.48. The van der Waals surface area contributed by atoms with E-state index in [9.17, 15) is 8.42 Å². The second-order valence-corrected chi connectivity index (χ2v) is 6.74. The van der Waals surface area contributed by atoms with Gasteiger partial charge in [0.15, 0.2) is 0 Å². The molecule has 0 radical (unpaired) electrons. The zero-order chi connectivity index (χ0) is 14.6. The summed E-state index contributed by atoms with van der Waals surface area (Å²) in [6.07, 6.45) is 1.93. The molecule has 112 valence electrons. The minimum absolute atomic E-state index is 0.0608. The fourth-order valence-electron chi connectivity index (χ4n) is 2.25. The van der Waals surface area contributed by atoms with Crippen LogP contribution in [0.25, 0.3) is 0 Å². The predicted molar refractivity (Wildman–Crippen MR) is 76.3 cm³/mol. The second-order valence-electron chi connectivity index (χ2n) is 4.97. The number of aromatic nitrogens is 2. The first kappa shape index (κ1) is 15.0. The number of hydrogen-bond donors (Lipinski definition) is 2. The smallest absolute Gasteiger partial charge is 0.240 e. The summed E-state index contributed by atoms with van der Waals surface area (Å²) >= 11 is 0. The highest BCUT2D eigenvalue weighted by molar-refractivity contribution is 7.92. The van der Waals surface area contributed by atoms with Gasteiger partial charge < -0.3 is 10.1 Å². The normalized spacial score (nSPS) is 19.6. The summed E-state index contributed by atoms with van der Waals surface area (Å²) in [5.41, 5.74) is 0.647. The maximum atomic E-state index is 12.1. The summed E-state index contributed by atoms with van der Waals surface area (Å²) in [4.78, 5) is 8.05. The molecule has 2 heterocycles. The number of methoxy groups -OCH3 is 1. The summed E-state index contributed by atoms with van der Waals surface area (Å²) in [7, 11) is -1.97. The number of anilines is 1. The number of hydrogen-bond acceptors (Lipinski definition) is 6. The molecule has 8 heteroatoms. The van der Waals surface area contributed by atoms with Crippen molar-refractivity contribution in [1.29, 1.82) is 0 Å². The van der Waals surface area contributed by atoms with Crippen LogP contribution < -0.4 is 14.8 Å². The zero-order valence-electron chi connectivity index (χ0n) is 11.7. The molecule has 1 aromatic heterocycles. The summed E-state index contributed by atoms with van der Waals surface area (Å²) in [5, 5.41) is 3.21. The molecule has 1 unspecified atom stereocenters. The highest BCUT2D eigenvalue weighted by Gasteiger charge is 2.22. The Balaban J connectivity index is 2.05. The topological polar surface area (TPSA) is 93.2 Å². The van der Waals surface area contributed by atoms with E-state index >= 15 is 0 Å². The summed E-state index contributed by atoms with van der Waals surface area (Å²) < 4.78 is 31.7. The van der Waals surface area contributed by atoms with E-state index in [1.54, 1.807) is 13.0 Å². The molecule has 0 bridgehead atoms. The molecule has 1 aliphatic rings. The van der Waals surface area contributed by atoms with E-state index in [2.05, 4.69) is 20.0 Å². The zero-order valence-corrected chi connectivity index (χ0v) is 12.5. The van der Waals surface area contributed by atoms with E-state index in [4.69, 9.17) is 4.74 Å². The maximum absolute atomic E-state index is 12.1. The first-order valence-corrected chi connectivity index (χ1v) is 8.24. The van der Waals surface area contributed by atoms with Crippen LogP contribution >= 0.6 is 0 Å². The maximum Gasteiger partial charge on any atom is 0.240 e. The van der Waals surface area contributed by atoms with Gasteiger partial charge in [0, 0.05) is 11.8 Å². The molecule has 0 saturated carbocycles. The van der Waals surface area contributed by atoms with Gasteiger partial charge in [0.25, 0.3) is 0 Å². The molecular formula is C12H20N4O3S. The Labute approximate surface area is 119 Å². The molecule has 1 aromatic rings. The second kappa shape index (κ2) is 6.36. The van der Waals surface area contributed by atoms with Crippen LogP contribution in [0.1, 0.15) is 18.5 Å². The van der Waals surface area contributed by atoms with Crippen molar-refractivity contribution in [3.05, 3.63) is 11.8 Å². The molecule has 2 N–H and O–H groups in total. The average molecular weight is 300 g/mol. The number of piperidine rings is 1. The molecule has 20 heavy (non-hydrogen) atoms. The van der Waals surface area contributed by atoms with E-state index in [1.807, 2.05) is 0 Å². The Morgan fingerprint density at radius 1 is 1.50 bits per heavy atom. The molecule has 1 aliphatic heterocycles. The van der Waals surface area contributed by atoms with Crippen molar-refractivity contribution < 1.29 is 13.2 Å². The van der Waals surface area contributed by atoms with Gasteiger partial charge in [0.05, 0.1) is 12.9 Å². The average Bonchev–Trinajstić information content (AvgIpc) is 2.37. The van der Waals surface area contributed by atoms with Crippen molar-refractivity contribution >= 4 is 16.0 Å². The lowest BCUT2D eigenvalue weighted by Crippen LogP contribution is -2.35. The molecule has 1 saturated heterocycles. The lowest BCUT2D eigenvalue weighted by atomic mass is 10.0. The monoisotopic (exact) mass is 300 g/mol. The Morgan fingerprint density at radius 2 is 2.30 bits per heavy atom. The lowest BCUT2D eigenvalue weighted by Gasteiger charge is -2.22. The van der Waals surface area contributed by atoms with Gasteiger partial charge in [-0.25, -0.2) is 13.4 Å². The molecule has 0 amide bonds. The molecular weight excluding hydrogens is 280 g/mol. The van der Waals surface area contributed by atoms with Crippen molar-refractivity contribution in [2.45, 2.75) is 19.8 Å². The highest BCUT2D eigenvalue weighted by Crippen LogP contribution is 2.16. The number of nitrogens with one attached hydrogen (secondary N) is 2. The number of sulfonamides is 1. The van der Waals surface area contributed by atoms with Gasteiger partial charge in [-0.05, 0) is 38.8 Å². The van der Waals surface area contributed by atoms with Crippen LogP contribution in [0.4, 0.5) is 5.95 Å². The van der Waals surface area contributed by atoms with Crippen molar-refractivity contribution in [3.8, 4) is 5.88 Å². The van der Waals surface area contributed by atoms with Crippen LogP contribution in [0.5, 0.6) is 5.88 Å². The largest absolute Gasteiger partial charge is 0.481 e. The fraction of sp³-hybridized carbons (Fsp3) is 0.667. The summed E-state index contributed by atoms with van der Waals surface area (Å²) in [5.74, 6) is 0.618. The molecule has 0 spiro atoms. The van der Waals surface area contributed by atoms with Crippen LogP contribution in [0.2, 0.25) is 0 Å². The lowest BCUT2D eigenvalue weighted by molar-refractivity contribution is 0.397. The Bertz CT molecular complexity index is 556. The number of rotatable bonds is 5. The summed E-state index contributed by atoms with van der Waals surface area (Å²) in [6, 6.07) is 1.64. The third-order valence-corrected chi connectivity index (χ3v) is 4.54. The Hall–Kier alpha value is -1.41. The SMILES string of the molecule is COc1cc(C)nc(NS(=O)(=O)CC2CCCNC2)n1. The van der Waals surface area contributed by atoms with Crippen molar-refractivity contribution in [1.82, 2.24) is 15.3 Å². The van der Waals surface area contributed by atoms with Gasteiger partial charge in [0.1, 0.15) is 0 Å². The molecule has 2 rings (SSSR count). The van der Waals surface area contributed by atoms with E-state index in [0.717, 1.165) is 25.9 Å². The molecule has 0 aromatic carbocycles. The quantitative estimate of drug-likeness (QED) is 0.824. The van der Waals surface area contributed by atoms with E-state index in [1.165, 1.54) is 7.11 Å². The molecule has 1 fully saturated rings. The minimum atomic E-state index is -3.45. The highest BCUT2D eigenvalue weighted by atomic mass is 32.2. The Kier molecular flexibility index (Phi) is 4.77. The number of aryl methyl sites for hydroxylation is 1.